The molecule has 1 aliphatic rings. The Balaban J connectivity index is 2.37. The van der Waals surface area contributed by atoms with Crippen LogP contribution >= 0.6 is 0 Å². The van der Waals surface area contributed by atoms with Gasteiger partial charge in [0.1, 0.15) is 6.10 Å². The van der Waals surface area contributed by atoms with Crippen LogP contribution in [0.1, 0.15) is 26.2 Å². The summed E-state index contributed by atoms with van der Waals surface area (Å²) in [5.41, 5.74) is 0. The Bertz CT molecular complexity index is 144. The van der Waals surface area contributed by atoms with E-state index in [2.05, 4.69) is 5.32 Å². The van der Waals surface area contributed by atoms with Crippen LogP contribution in [0, 0.1) is 0 Å². The van der Waals surface area contributed by atoms with Gasteiger partial charge in [0.05, 0.1) is 0 Å². The highest BCUT2D eigenvalue weighted by molar-refractivity contribution is 4.83. The van der Waals surface area contributed by atoms with Gasteiger partial charge in [0.25, 0.3) is 5.92 Å². The molecule has 0 saturated carbocycles. The Kier molecular flexibility index (Phi) is 3.01. The zero-order valence-electron chi connectivity index (χ0n) is 7.19. The molecule has 1 rings (SSSR count). The van der Waals surface area contributed by atoms with Crippen molar-refractivity contribution in [1.29, 1.82) is 0 Å². The van der Waals surface area contributed by atoms with Gasteiger partial charge in [-0.3, -0.25) is 0 Å². The normalized spacial score (nSPS) is 27.5. The third-order valence-electron chi connectivity index (χ3n) is 2.29. The van der Waals surface area contributed by atoms with Gasteiger partial charge < -0.3 is 10.4 Å². The van der Waals surface area contributed by atoms with Gasteiger partial charge in [0, 0.05) is 12.5 Å². The predicted molar refractivity (Wildman–Crippen MR) is 42.3 cm³/mol. The minimum Gasteiger partial charge on any atom is -0.387 e. The van der Waals surface area contributed by atoms with Gasteiger partial charge in [0.15, 0.2) is 0 Å². The smallest absolute Gasteiger partial charge is 0.274 e. The molecule has 12 heavy (non-hydrogen) atoms. The minimum atomic E-state index is -2.94. The number of aliphatic hydroxyl groups excluding tert-OH is 1. The van der Waals surface area contributed by atoms with Crippen molar-refractivity contribution in [3.8, 4) is 0 Å². The Morgan fingerprint density at radius 2 is 2.33 bits per heavy atom. The number of halogens is 2. The largest absolute Gasteiger partial charge is 0.387 e. The van der Waals surface area contributed by atoms with Crippen LogP contribution in [0.25, 0.3) is 0 Å². The number of rotatable bonds is 3. The Morgan fingerprint density at radius 3 is 2.75 bits per heavy atom. The molecule has 2 nitrogen and oxygen atoms in total. The summed E-state index contributed by atoms with van der Waals surface area (Å²) in [4.78, 5) is 0. The summed E-state index contributed by atoms with van der Waals surface area (Å²) in [5, 5.41) is 11.7. The van der Waals surface area contributed by atoms with Crippen molar-refractivity contribution in [2.24, 2.45) is 0 Å². The van der Waals surface area contributed by atoms with Gasteiger partial charge in [-0.15, -0.1) is 0 Å². The molecule has 0 aromatic carbocycles. The number of aliphatic hydroxyl groups is 1. The molecular formula is C8H15F2NO. The van der Waals surface area contributed by atoms with E-state index in [1.165, 1.54) is 0 Å². The summed E-state index contributed by atoms with van der Waals surface area (Å²) >= 11 is 0. The quantitative estimate of drug-likeness (QED) is 0.681. The Morgan fingerprint density at radius 1 is 1.67 bits per heavy atom. The number of hydrogen-bond acceptors (Lipinski definition) is 2. The number of hydrogen-bond donors (Lipinski definition) is 2. The van der Waals surface area contributed by atoms with Crippen LogP contribution in [0.5, 0.6) is 0 Å². The summed E-state index contributed by atoms with van der Waals surface area (Å²) in [6.45, 7) is 1.95. The van der Waals surface area contributed by atoms with E-state index in [1.807, 2.05) is 0 Å². The molecule has 1 heterocycles. The van der Waals surface area contributed by atoms with E-state index in [1.54, 1.807) is 0 Å². The van der Waals surface area contributed by atoms with Crippen molar-refractivity contribution in [3.63, 3.8) is 0 Å². The first-order valence-electron chi connectivity index (χ1n) is 4.31. The summed E-state index contributed by atoms with van der Waals surface area (Å²) < 4.78 is 25.8. The monoisotopic (exact) mass is 179 g/mol. The van der Waals surface area contributed by atoms with E-state index in [0.29, 0.717) is 0 Å². The van der Waals surface area contributed by atoms with Crippen molar-refractivity contribution in [2.45, 2.75) is 44.3 Å². The molecule has 0 aromatic heterocycles. The van der Waals surface area contributed by atoms with Gasteiger partial charge in [0.2, 0.25) is 0 Å². The molecule has 0 aromatic rings. The van der Waals surface area contributed by atoms with Gasteiger partial charge in [-0.25, -0.2) is 8.78 Å². The molecule has 4 heteroatoms. The van der Waals surface area contributed by atoms with Crippen molar-refractivity contribution in [2.75, 3.05) is 6.54 Å². The SMILES string of the molecule is CC(O)C(F)(F)CC1CCCN1. The fraction of sp³-hybridized carbons (Fsp3) is 1.00. The van der Waals surface area contributed by atoms with E-state index >= 15 is 0 Å². The fourth-order valence-corrected chi connectivity index (χ4v) is 1.43. The first-order chi connectivity index (χ1) is 5.52. The second-order valence-corrected chi connectivity index (χ2v) is 3.43. The second kappa shape index (κ2) is 3.66. The highest BCUT2D eigenvalue weighted by Crippen LogP contribution is 2.27. The van der Waals surface area contributed by atoms with Crippen molar-refractivity contribution in [3.05, 3.63) is 0 Å². The average molecular weight is 179 g/mol. The molecule has 0 radical (unpaired) electrons. The molecule has 2 atom stereocenters. The molecule has 0 aliphatic carbocycles. The van der Waals surface area contributed by atoms with Gasteiger partial charge in [-0.05, 0) is 26.3 Å². The van der Waals surface area contributed by atoms with Crippen molar-refractivity contribution < 1.29 is 13.9 Å². The zero-order valence-corrected chi connectivity index (χ0v) is 7.19. The summed E-state index contributed by atoms with van der Waals surface area (Å²) in [6.07, 6.45) is -0.0343. The van der Waals surface area contributed by atoms with E-state index in [4.69, 9.17) is 5.11 Å². The van der Waals surface area contributed by atoms with Crippen LogP contribution < -0.4 is 5.32 Å². The van der Waals surface area contributed by atoms with Gasteiger partial charge >= 0.3 is 0 Å². The van der Waals surface area contributed by atoms with E-state index in [0.717, 1.165) is 26.3 Å². The van der Waals surface area contributed by atoms with Gasteiger partial charge in [-0.1, -0.05) is 0 Å². The Hall–Kier alpha value is -0.220. The average Bonchev–Trinajstić information content (AvgIpc) is 2.38. The maximum absolute atomic E-state index is 12.9. The molecule has 2 N–H and O–H groups in total. The zero-order chi connectivity index (χ0) is 9.19. The standard InChI is InChI=1S/C8H15F2NO/c1-6(12)8(9,10)5-7-3-2-4-11-7/h6-7,11-12H,2-5H2,1H3. The molecule has 2 unspecified atom stereocenters. The fourth-order valence-electron chi connectivity index (χ4n) is 1.43. The van der Waals surface area contributed by atoms with Crippen LogP contribution in [0.2, 0.25) is 0 Å². The highest BCUT2D eigenvalue weighted by Gasteiger charge is 2.38. The molecule has 1 saturated heterocycles. The Labute approximate surface area is 71.0 Å². The topological polar surface area (TPSA) is 32.3 Å². The van der Waals surface area contributed by atoms with E-state index < -0.39 is 12.0 Å². The number of nitrogens with one attached hydrogen (secondary N) is 1. The summed E-state index contributed by atoms with van der Waals surface area (Å²) in [5.74, 6) is -2.94. The molecule has 1 fully saturated rings. The lowest BCUT2D eigenvalue weighted by molar-refractivity contribution is -0.109. The molecule has 0 bridgehead atoms. The third-order valence-corrected chi connectivity index (χ3v) is 2.29. The van der Waals surface area contributed by atoms with Crippen LogP contribution in [0.3, 0.4) is 0 Å². The number of alkyl halides is 2. The lowest BCUT2D eigenvalue weighted by Gasteiger charge is -2.22. The minimum absolute atomic E-state index is 0.116. The molecular weight excluding hydrogens is 164 g/mol. The van der Waals surface area contributed by atoms with E-state index in [-0.39, 0.29) is 12.5 Å². The predicted octanol–water partition coefficient (Wildman–Crippen LogP) is 1.14. The van der Waals surface area contributed by atoms with Crippen LogP contribution in [-0.2, 0) is 0 Å². The first-order valence-corrected chi connectivity index (χ1v) is 4.31. The van der Waals surface area contributed by atoms with E-state index in [9.17, 15) is 8.78 Å². The van der Waals surface area contributed by atoms with Crippen LogP contribution in [0.15, 0.2) is 0 Å². The van der Waals surface area contributed by atoms with Crippen LogP contribution in [0.4, 0.5) is 8.78 Å². The van der Waals surface area contributed by atoms with Crippen molar-refractivity contribution >= 4 is 0 Å². The maximum Gasteiger partial charge on any atom is 0.274 e. The van der Waals surface area contributed by atoms with Crippen molar-refractivity contribution in [1.82, 2.24) is 5.32 Å². The molecule has 0 amide bonds. The molecule has 72 valence electrons. The molecule has 0 spiro atoms. The third kappa shape index (κ3) is 2.38. The lowest BCUT2D eigenvalue weighted by Crippen LogP contribution is -2.37. The highest BCUT2D eigenvalue weighted by atomic mass is 19.3. The summed E-state index contributed by atoms with van der Waals surface area (Å²) in [6, 6.07) is -0.116. The maximum atomic E-state index is 12.9. The second-order valence-electron chi connectivity index (χ2n) is 3.43. The lowest BCUT2D eigenvalue weighted by atomic mass is 10.0. The van der Waals surface area contributed by atoms with Gasteiger partial charge in [-0.2, -0.15) is 0 Å². The van der Waals surface area contributed by atoms with Crippen LogP contribution in [-0.4, -0.2) is 29.7 Å². The molecule has 1 aliphatic heterocycles. The first kappa shape index (κ1) is 9.86. The summed E-state index contributed by atoms with van der Waals surface area (Å²) in [7, 11) is 0.